The van der Waals surface area contributed by atoms with Crippen molar-refractivity contribution in [2.24, 2.45) is 0 Å². The highest BCUT2D eigenvalue weighted by atomic mass is 32.2. The molecule has 0 aliphatic rings. The van der Waals surface area contributed by atoms with Crippen molar-refractivity contribution in [3.63, 3.8) is 0 Å². The van der Waals surface area contributed by atoms with Crippen LogP contribution in [0.3, 0.4) is 0 Å². The van der Waals surface area contributed by atoms with Crippen LogP contribution in [0.15, 0.2) is 59.6 Å². The van der Waals surface area contributed by atoms with Crippen molar-refractivity contribution in [2.45, 2.75) is 32.6 Å². The lowest BCUT2D eigenvalue weighted by Crippen LogP contribution is -2.16. The SMILES string of the molecule is COc1cc2nccc(Oc3ccc(NC(=O)OCCSc4cc(C)ccc4C)c(C)c3C)c2cc1OC. The van der Waals surface area contributed by atoms with Gasteiger partial charge in [-0.15, -0.1) is 11.8 Å². The molecule has 1 N–H and O–H groups in total. The van der Waals surface area contributed by atoms with Crippen LogP contribution in [0.25, 0.3) is 10.9 Å². The summed E-state index contributed by atoms with van der Waals surface area (Å²) in [7, 11) is 3.18. The van der Waals surface area contributed by atoms with E-state index in [2.05, 4.69) is 42.3 Å². The first-order valence-corrected chi connectivity index (χ1v) is 13.2. The third kappa shape index (κ3) is 6.14. The van der Waals surface area contributed by atoms with Crippen LogP contribution in [0.2, 0.25) is 0 Å². The van der Waals surface area contributed by atoms with E-state index in [9.17, 15) is 4.79 Å². The number of thioether (sulfide) groups is 1. The van der Waals surface area contributed by atoms with Crippen molar-refractivity contribution < 1.29 is 23.7 Å². The van der Waals surface area contributed by atoms with Crippen molar-refractivity contribution in [3.05, 3.63) is 77.0 Å². The van der Waals surface area contributed by atoms with E-state index in [-0.39, 0.29) is 0 Å². The second-order valence-corrected chi connectivity index (χ2v) is 10.0. The number of fused-ring (bicyclic) bond motifs is 1. The van der Waals surface area contributed by atoms with E-state index in [1.54, 1.807) is 32.2 Å². The van der Waals surface area contributed by atoms with Crippen LogP contribution in [-0.2, 0) is 4.74 Å². The Morgan fingerprint density at radius 1 is 0.868 bits per heavy atom. The molecular weight excluding hydrogens is 500 g/mol. The smallest absolute Gasteiger partial charge is 0.411 e. The third-order valence-corrected chi connectivity index (χ3v) is 7.44. The Labute approximate surface area is 227 Å². The number of nitrogens with one attached hydrogen (secondary N) is 1. The monoisotopic (exact) mass is 532 g/mol. The number of benzene rings is 3. The van der Waals surface area contributed by atoms with E-state index in [4.69, 9.17) is 18.9 Å². The largest absolute Gasteiger partial charge is 0.493 e. The molecule has 8 heteroatoms. The number of aryl methyl sites for hydroxylation is 2. The van der Waals surface area contributed by atoms with Crippen LogP contribution in [0.1, 0.15) is 22.3 Å². The minimum atomic E-state index is -0.482. The van der Waals surface area contributed by atoms with E-state index in [1.807, 2.05) is 44.2 Å². The molecule has 0 aliphatic carbocycles. The summed E-state index contributed by atoms with van der Waals surface area (Å²) in [6.07, 6.45) is 1.21. The van der Waals surface area contributed by atoms with Gasteiger partial charge in [0.1, 0.15) is 18.1 Å². The molecule has 4 aromatic rings. The number of hydrogen-bond donors (Lipinski definition) is 1. The number of carbonyl (C=O) groups is 1. The molecule has 0 bridgehead atoms. The zero-order chi connectivity index (χ0) is 27.2. The van der Waals surface area contributed by atoms with Gasteiger partial charge < -0.3 is 18.9 Å². The van der Waals surface area contributed by atoms with Gasteiger partial charge >= 0.3 is 6.09 Å². The van der Waals surface area contributed by atoms with Gasteiger partial charge in [-0.3, -0.25) is 10.3 Å². The molecule has 38 heavy (non-hydrogen) atoms. The summed E-state index contributed by atoms with van der Waals surface area (Å²) >= 11 is 1.68. The van der Waals surface area contributed by atoms with Gasteiger partial charge in [0.15, 0.2) is 11.5 Å². The maximum Gasteiger partial charge on any atom is 0.411 e. The lowest BCUT2D eigenvalue weighted by molar-refractivity contribution is 0.169. The lowest BCUT2D eigenvalue weighted by atomic mass is 10.1. The first-order valence-electron chi connectivity index (χ1n) is 12.2. The number of pyridine rings is 1. The number of hydrogen-bond acceptors (Lipinski definition) is 7. The van der Waals surface area contributed by atoms with Gasteiger partial charge in [0.25, 0.3) is 0 Å². The fourth-order valence-electron chi connectivity index (χ4n) is 3.99. The second-order valence-electron chi connectivity index (χ2n) is 8.88. The molecule has 0 fully saturated rings. The van der Waals surface area contributed by atoms with Crippen molar-refractivity contribution in [1.82, 2.24) is 4.98 Å². The quantitative estimate of drug-likeness (QED) is 0.175. The highest BCUT2D eigenvalue weighted by Crippen LogP contribution is 2.38. The number of nitrogens with zero attached hydrogens (tertiary/aromatic N) is 1. The van der Waals surface area contributed by atoms with Gasteiger partial charge in [0.05, 0.1) is 19.7 Å². The van der Waals surface area contributed by atoms with Crippen molar-refractivity contribution >= 4 is 34.4 Å². The molecule has 0 saturated carbocycles. The Bertz CT molecular complexity index is 1470. The maximum atomic E-state index is 12.4. The summed E-state index contributed by atoms with van der Waals surface area (Å²) in [5.74, 6) is 3.19. The molecule has 0 atom stereocenters. The molecule has 0 spiro atoms. The maximum absolute atomic E-state index is 12.4. The van der Waals surface area contributed by atoms with Crippen LogP contribution in [0, 0.1) is 27.7 Å². The molecule has 0 aliphatic heterocycles. The summed E-state index contributed by atoms with van der Waals surface area (Å²) < 4.78 is 22.6. The molecule has 1 amide bonds. The number of aromatic nitrogens is 1. The van der Waals surface area contributed by atoms with Gasteiger partial charge in [0, 0.05) is 34.0 Å². The summed E-state index contributed by atoms with van der Waals surface area (Å²) in [5.41, 5.74) is 5.63. The van der Waals surface area contributed by atoms with E-state index >= 15 is 0 Å². The Hall–Kier alpha value is -3.91. The van der Waals surface area contributed by atoms with Crippen molar-refractivity contribution in [1.29, 1.82) is 0 Å². The number of methoxy groups -OCH3 is 2. The zero-order valence-corrected chi connectivity index (χ0v) is 23.3. The third-order valence-electron chi connectivity index (χ3n) is 6.32. The van der Waals surface area contributed by atoms with Crippen LogP contribution in [0.4, 0.5) is 10.5 Å². The normalized spacial score (nSPS) is 10.8. The number of carbonyl (C=O) groups excluding carboxylic acids is 1. The Morgan fingerprint density at radius 3 is 2.39 bits per heavy atom. The molecule has 4 rings (SSSR count). The number of amides is 1. The summed E-state index contributed by atoms with van der Waals surface area (Å²) in [6.45, 7) is 8.36. The van der Waals surface area contributed by atoms with E-state index in [0.717, 1.165) is 22.0 Å². The molecule has 1 heterocycles. The molecular formula is C30H32N2O5S. The van der Waals surface area contributed by atoms with Crippen LogP contribution >= 0.6 is 11.8 Å². The standard InChI is InChI=1S/C30H32N2O5S/c1-18-7-8-19(2)29(15-18)38-14-13-36-30(33)32-23-9-10-25(21(4)20(23)3)37-26-11-12-31-24-17-28(35-6)27(34-5)16-22(24)26/h7-12,15-17H,13-14H2,1-6H3,(H,32,33). The van der Waals surface area contributed by atoms with Crippen molar-refractivity contribution in [3.8, 4) is 23.0 Å². The molecule has 3 aromatic carbocycles. The Balaban J connectivity index is 1.41. The molecule has 7 nitrogen and oxygen atoms in total. The van der Waals surface area contributed by atoms with E-state index < -0.39 is 6.09 Å². The number of ether oxygens (including phenoxy) is 4. The highest BCUT2D eigenvalue weighted by molar-refractivity contribution is 7.99. The fourth-order valence-corrected chi connectivity index (χ4v) is 4.94. The predicted octanol–water partition coefficient (Wildman–Crippen LogP) is 7.62. The minimum absolute atomic E-state index is 0.312. The lowest BCUT2D eigenvalue weighted by Gasteiger charge is -2.16. The Kier molecular flexibility index (Phi) is 8.63. The van der Waals surface area contributed by atoms with Gasteiger partial charge in [-0.2, -0.15) is 0 Å². The van der Waals surface area contributed by atoms with Crippen molar-refractivity contribution in [2.75, 3.05) is 31.9 Å². The summed E-state index contributed by atoms with van der Waals surface area (Å²) in [6, 6.07) is 15.5. The second kappa shape index (κ2) is 12.1. The van der Waals surface area contributed by atoms with Gasteiger partial charge in [-0.1, -0.05) is 17.7 Å². The van der Waals surface area contributed by atoms with Gasteiger partial charge in [-0.25, -0.2) is 4.79 Å². The first kappa shape index (κ1) is 27.1. The number of rotatable bonds is 9. The molecule has 0 saturated heterocycles. The molecule has 0 unspecified atom stereocenters. The average molecular weight is 533 g/mol. The molecule has 1 aromatic heterocycles. The average Bonchev–Trinajstić information content (AvgIpc) is 2.92. The minimum Gasteiger partial charge on any atom is -0.493 e. The van der Waals surface area contributed by atoms with Crippen LogP contribution < -0.4 is 19.5 Å². The van der Waals surface area contributed by atoms with E-state index in [0.29, 0.717) is 41.0 Å². The summed E-state index contributed by atoms with van der Waals surface area (Å²) in [4.78, 5) is 18.1. The molecule has 198 valence electrons. The Morgan fingerprint density at radius 2 is 1.63 bits per heavy atom. The zero-order valence-electron chi connectivity index (χ0n) is 22.5. The van der Waals surface area contributed by atoms with Gasteiger partial charge in [-0.05, 0) is 74.7 Å². The van der Waals surface area contributed by atoms with Gasteiger partial charge in [0.2, 0.25) is 0 Å². The number of anilines is 1. The highest BCUT2D eigenvalue weighted by Gasteiger charge is 2.15. The first-order chi connectivity index (χ1) is 18.3. The van der Waals surface area contributed by atoms with Crippen LogP contribution in [-0.4, -0.2) is 37.7 Å². The fraction of sp³-hybridized carbons (Fsp3) is 0.267. The molecule has 0 radical (unpaired) electrons. The summed E-state index contributed by atoms with van der Waals surface area (Å²) in [5, 5.41) is 3.65. The van der Waals surface area contributed by atoms with E-state index in [1.165, 1.54) is 16.0 Å². The van der Waals surface area contributed by atoms with Crippen LogP contribution in [0.5, 0.6) is 23.0 Å². The predicted molar refractivity (Wildman–Crippen MR) is 152 cm³/mol. The topological polar surface area (TPSA) is 78.9 Å².